The molecule has 1 heterocycles. The standard InChI is InChI=1S/C13H18ClNO3S2/c1-18-13-4-3-12(9-11(13)10-14)20(16,17)15-5-2-7-19-8-6-15/h3-4,9H,2,5-8,10H2,1H3. The van der Waals surface area contributed by atoms with Gasteiger partial charge < -0.3 is 4.74 Å². The second-order valence-electron chi connectivity index (χ2n) is 4.48. The van der Waals surface area contributed by atoms with E-state index in [0.29, 0.717) is 29.3 Å². The van der Waals surface area contributed by atoms with Crippen LogP contribution in [0.1, 0.15) is 12.0 Å². The van der Waals surface area contributed by atoms with Crippen LogP contribution in [0.25, 0.3) is 0 Å². The number of rotatable bonds is 4. The lowest BCUT2D eigenvalue weighted by molar-refractivity contribution is 0.410. The van der Waals surface area contributed by atoms with E-state index in [2.05, 4.69) is 0 Å². The lowest BCUT2D eigenvalue weighted by atomic mass is 10.2. The number of halogens is 1. The van der Waals surface area contributed by atoms with Gasteiger partial charge in [0.05, 0.1) is 17.9 Å². The molecule has 0 saturated carbocycles. The van der Waals surface area contributed by atoms with Crippen molar-refractivity contribution in [2.24, 2.45) is 0 Å². The van der Waals surface area contributed by atoms with Crippen molar-refractivity contribution in [2.75, 3.05) is 31.7 Å². The van der Waals surface area contributed by atoms with Crippen molar-refractivity contribution in [3.63, 3.8) is 0 Å². The molecule has 7 heteroatoms. The van der Waals surface area contributed by atoms with Crippen LogP contribution in [0.5, 0.6) is 5.75 Å². The van der Waals surface area contributed by atoms with E-state index in [1.165, 1.54) is 0 Å². The topological polar surface area (TPSA) is 46.6 Å². The number of nitrogens with zero attached hydrogens (tertiary/aromatic N) is 1. The van der Waals surface area contributed by atoms with Crippen LogP contribution in [0.3, 0.4) is 0 Å². The maximum atomic E-state index is 12.6. The molecule has 0 bridgehead atoms. The summed E-state index contributed by atoms with van der Waals surface area (Å²) in [6.07, 6.45) is 0.891. The first kappa shape index (κ1) is 15.9. The van der Waals surface area contributed by atoms with Gasteiger partial charge in [0.15, 0.2) is 0 Å². The van der Waals surface area contributed by atoms with Gasteiger partial charge in [0, 0.05) is 24.4 Å². The van der Waals surface area contributed by atoms with Crippen LogP contribution in [0.2, 0.25) is 0 Å². The van der Waals surface area contributed by atoms with Crippen LogP contribution in [-0.4, -0.2) is 44.4 Å². The number of alkyl halides is 1. The zero-order valence-corrected chi connectivity index (χ0v) is 13.7. The minimum Gasteiger partial charge on any atom is -0.496 e. The molecule has 0 amide bonds. The first-order valence-electron chi connectivity index (χ1n) is 6.40. The molecule has 1 fully saturated rings. The van der Waals surface area contributed by atoms with E-state index in [1.807, 2.05) is 0 Å². The van der Waals surface area contributed by atoms with Gasteiger partial charge in [0.2, 0.25) is 10.0 Å². The molecule has 0 aliphatic carbocycles. The zero-order chi connectivity index (χ0) is 14.6. The van der Waals surface area contributed by atoms with Crippen molar-refractivity contribution in [2.45, 2.75) is 17.2 Å². The number of methoxy groups -OCH3 is 1. The molecule has 0 aromatic heterocycles. The largest absolute Gasteiger partial charge is 0.496 e. The lowest BCUT2D eigenvalue weighted by Crippen LogP contribution is -2.33. The number of hydrogen-bond donors (Lipinski definition) is 0. The van der Waals surface area contributed by atoms with Crippen LogP contribution < -0.4 is 4.74 Å². The summed E-state index contributed by atoms with van der Waals surface area (Å²) in [5.74, 6) is 2.70. The summed E-state index contributed by atoms with van der Waals surface area (Å²) >= 11 is 7.65. The summed E-state index contributed by atoms with van der Waals surface area (Å²) in [4.78, 5) is 0.292. The summed E-state index contributed by atoms with van der Waals surface area (Å²) in [7, 11) is -1.89. The maximum Gasteiger partial charge on any atom is 0.243 e. The lowest BCUT2D eigenvalue weighted by Gasteiger charge is -2.20. The van der Waals surface area contributed by atoms with Crippen LogP contribution in [0.4, 0.5) is 0 Å². The molecular formula is C13H18ClNO3S2. The van der Waals surface area contributed by atoms with E-state index in [0.717, 1.165) is 17.9 Å². The Morgan fingerprint density at radius 3 is 2.85 bits per heavy atom. The van der Waals surface area contributed by atoms with Gasteiger partial charge in [-0.2, -0.15) is 16.1 Å². The average Bonchev–Trinajstić information content (AvgIpc) is 2.76. The van der Waals surface area contributed by atoms with Gasteiger partial charge in [-0.15, -0.1) is 11.6 Å². The number of sulfonamides is 1. The molecule has 1 aliphatic heterocycles. The van der Waals surface area contributed by atoms with Gasteiger partial charge in [-0.3, -0.25) is 0 Å². The Labute approximate surface area is 129 Å². The predicted octanol–water partition coefficient (Wildman–Crippen LogP) is 2.56. The van der Waals surface area contributed by atoms with E-state index in [-0.39, 0.29) is 5.88 Å². The number of benzene rings is 1. The Morgan fingerprint density at radius 2 is 2.15 bits per heavy atom. The Kier molecular flexibility index (Phi) is 5.60. The minimum absolute atomic E-state index is 0.225. The van der Waals surface area contributed by atoms with E-state index in [4.69, 9.17) is 16.3 Å². The van der Waals surface area contributed by atoms with Gasteiger partial charge in [-0.1, -0.05) is 0 Å². The van der Waals surface area contributed by atoms with Crippen molar-refractivity contribution in [1.29, 1.82) is 0 Å². The van der Waals surface area contributed by atoms with Crippen LogP contribution >= 0.6 is 23.4 Å². The summed E-state index contributed by atoms with van der Waals surface area (Å²) in [6.45, 7) is 1.15. The molecule has 1 aromatic carbocycles. The first-order chi connectivity index (χ1) is 9.59. The quantitative estimate of drug-likeness (QED) is 0.793. The minimum atomic E-state index is -3.44. The molecule has 0 N–H and O–H groups in total. The molecule has 0 unspecified atom stereocenters. The molecule has 0 spiro atoms. The van der Waals surface area contributed by atoms with Crippen molar-refractivity contribution >= 4 is 33.4 Å². The van der Waals surface area contributed by atoms with Gasteiger partial charge in [-0.05, 0) is 30.4 Å². The van der Waals surface area contributed by atoms with Gasteiger partial charge in [0.1, 0.15) is 5.75 Å². The molecule has 1 aliphatic rings. The molecular weight excluding hydrogens is 318 g/mol. The molecule has 20 heavy (non-hydrogen) atoms. The Bertz CT molecular complexity index is 555. The predicted molar refractivity (Wildman–Crippen MR) is 83.3 cm³/mol. The molecule has 112 valence electrons. The summed E-state index contributed by atoms with van der Waals surface area (Å²) in [5, 5.41) is 0. The van der Waals surface area contributed by atoms with Gasteiger partial charge in [-0.25, -0.2) is 8.42 Å². The second-order valence-corrected chi connectivity index (χ2v) is 7.91. The Balaban J connectivity index is 2.33. The Morgan fingerprint density at radius 1 is 1.35 bits per heavy atom. The van der Waals surface area contributed by atoms with Crippen LogP contribution in [0, 0.1) is 0 Å². The van der Waals surface area contributed by atoms with Gasteiger partial charge in [0.25, 0.3) is 0 Å². The van der Waals surface area contributed by atoms with Gasteiger partial charge >= 0.3 is 0 Å². The van der Waals surface area contributed by atoms with Crippen molar-refractivity contribution in [3.8, 4) is 5.75 Å². The smallest absolute Gasteiger partial charge is 0.243 e. The van der Waals surface area contributed by atoms with E-state index in [1.54, 1.807) is 41.4 Å². The third-order valence-electron chi connectivity index (χ3n) is 3.21. The monoisotopic (exact) mass is 335 g/mol. The van der Waals surface area contributed by atoms with Crippen LogP contribution in [-0.2, 0) is 15.9 Å². The number of hydrogen-bond acceptors (Lipinski definition) is 4. The van der Waals surface area contributed by atoms with E-state index >= 15 is 0 Å². The summed E-state index contributed by atoms with van der Waals surface area (Å²) < 4.78 is 32.0. The third kappa shape index (κ3) is 3.42. The summed E-state index contributed by atoms with van der Waals surface area (Å²) in [5.41, 5.74) is 0.694. The number of ether oxygens (including phenoxy) is 1. The SMILES string of the molecule is COc1ccc(S(=O)(=O)N2CCCSCC2)cc1CCl. The highest BCUT2D eigenvalue weighted by Gasteiger charge is 2.25. The molecule has 1 aromatic rings. The molecule has 0 atom stereocenters. The van der Waals surface area contributed by atoms with Crippen molar-refractivity contribution in [3.05, 3.63) is 23.8 Å². The average molecular weight is 336 g/mol. The van der Waals surface area contributed by atoms with Crippen LogP contribution in [0.15, 0.2) is 23.1 Å². The fourth-order valence-electron chi connectivity index (χ4n) is 2.13. The summed E-state index contributed by atoms with van der Waals surface area (Å²) in [6, 6.07) is 4.86. The highest BCUT2D eigenvalue weighted by Crippen LogP contribution is 2.26. The zero-order valence-electron chi connectivity index (χ0n) is 11.3. The molecule has 0 radical (unpaired) electrons. The number of thioether (sulfide) groups is 1. The third-order valence-corrected chi connectivity index (χ3v) is 6.45. The fourth-order valence-corrected chi connectivity index (χ4v) is 4.87. The molecule has 1 saturated heterocycles. The van der Waals surface area contributed by atoms with Crippen molar-refractivity contribution in [1.82, 2.24) is 4.31 Å². The Hall–Kier alpha value is -0.430. The van der Waals surface area contributed by atoms with E-state index in [9.17, 15) is 8.42 Å². The maximum absolute atomic E-state index is 12.6. The van der Waals surface area contributed by atoms with Crippen molar-refractivity contribution < 1.29 is 13.2 Å². The second kappa shape index (κ2) is 7.02. The van der Waals surface area contributed by atoms with E-state index < -0.39 is 10.0 Å². The fraction of sp³-hybridized carbons (Fsp3) is 0.538. The highest BCUT2D eigenvalue weighted by molar-refractivity contribution is 7.99. The first-order valence-corrected chi connectivity index (χ1v) is 9.53. The molecule has 2 rings (SSSR count). The highest BCUT2D eigenvalue weighted by atomic mass is 35.5. The molecule has 4 nitrogen and oxygen atoms in total. The normalized spacial score (nSPS) is 17.7.